The summed E-state index contributed by atoms with van der Waals surface area (Å²) in [5.41, 5.74) is 3.17. The third-order valence-electron chi connectivity index (χ3n) is 5.19. The number of carbonyl (C=O) groups is 2. The Morgan fingerprint density at radius 1 is 1.08 bits per heavy atom. The number of nitrogens with one attached hydrogen (secondary N) is 2. The van der Waals surface area contributed by atoms with E-state index in [1.54, 1.807) is 10.3 Å². The number of carbonyl (C=O) groups excluding carboxylic acids is 2. The molecule has 4 aromatic rings. The van der Waals surface area contributed by atoms with Crippen LogP contribution in [0.1, 0.15) is 53.5 Å². The van der Waals surface area contributed by atoms with Crippen molar-refractivity contribution in [3.8, 4) is 0 Å². The number of H-pyrrole nitrogens is 1. The molecule has 3 heterocycles. The molecule has 0 saturated carbocycles. The number of rotatable bonds is 8. The zero-order chi connectivity index (χ0) is 25.7. The largest absolute Gasteiger partial charge is 0.444 e. The van der Waals surface area contributed by atoms with Crippen LogP contribution in [0.3, 0.4) is 0 Å². The molecular weight excluding hydrogens is 476 g/mol. The van der Waals surface area contributed by atoms with E-state index in [2.05, 4.69) is 25.3 Å². The first-order valence-corrected chi connectivity index (χ1v) is 12.6. The van der Waals surface area contributed by atoms with E-state index < -0.39 is 11.7 Å². The average Bonchev–Trinajstić information content (AvgIpc) is 3.45. The number of ether oxygens (including phenoxy) is 1. The monoisotopic (exact) mass is 506 g/mol. The minimum absolute atomic E-state index is 0.257. The van der Waals surface area contributed by atoms with Crippen LogP contribution in [-0.4, -0.2) is 49.0 Å². The highest BCUT2D eigenvalue weighted by Gasteiger charge is 2.24. The van der Waals surface area contributed by atoms with Crippen molar-refractivity contribution in [1.29, 1.82) is 0 Å². The number of fused-ring (bicyclic) bond motifs is 1. The maximum absolute atomic E-state index is 12.9. The van der Waals surface area contributed by atoms with E-state index in [0.29, 0.717) is 31.0 Å². The zero-order valence-electron chi connectivity index (χ0n) is 20.9. The van der Waals surface area contributed by atoms with Gasteiger partial charge in [-0.05, 0) is 52.0 Å². The Morgan fingerprint density at radius 2 is 1.89 bits per heavy atom. The molecule has 1 aromatic carbocycles. The summed E-state index contributed by atoms with van der Waals surface area (Å²) in [5, 5.41) is 5.34. The Balaban J connectivity index is 1.39. The number of nitrogens with zero attached hydrogens (tertiary/aromatic N) is 4. The van der Waals surface area contributed by atoms with E-state index in [0.717, 1.165) is 27.4 Å². The second-order valence-electron chi connectivity index (χ2n) is 9.43. The summed E-state index contributed by atoms with van der Waals surface area (Å²) in [4.78, 5) is 43.8. The quantitative estimate of drug-likeness (QED) is 0.360. The van der Waals surface area contributed by atoms with Gasteiger partial charge in [-0.2, -0.15) is 0 Å². The van der Waals surface area contributed by atoms with Crippen molar-refractivity contribution in [3.63, 3.8) is 0 Å². The van der Waals surface area contributed by atoms with Crippen LogP contribution in [-0.2, 0) is 24.2 Å². The summed E-state index contributed by atoms with van der Waals surface area (Å²) in [7, 11) is 0. The van der Waals surface area contributed by atoms with E-state index >= 15 is 0 Å². The minimum Gasteiger partial charge on any atom is -0.444 e. The molecule has 0 aliphatic heterocycles. The van der Waals surface area contributed by atoms with Gasteiger partial charge in [0.15, 0.2) is 0 Å². The number of aromatic nitrogens is 4. The number of amides is 2. The molecule has 3 aromatic heterocycles. The molecule has 0 aliphatic carbocycles. The molecular formula is C26H30N6O3S. The fourth-order valence-electron chi connectivity index (χ4n) is 3.54. The number of aromatic amines is 1. The molecule has 188 valence electrons. The molecule has 0 fully saturated rings. The van der Waals surface area contributed by atoms with Crippen LogP contribution >= 0.6 is 11.3 Å². The highest BCUT2D eigenvalue weighted by atomic mass is 32.1. The fraction of sp³-hybridized carbons (Fsp3) is 0.346. The van der Waals surface area contributed by atoms with Crippen LogP contribution in [0.4, 0.5) is 4.79 Å². The zero-order valence-corrected chi connectivity index (χ0v) is 21.7. The van der Waals surface area contributed by atoms with Gasteiger partial charge in [0.05, 0.1) is 34.8 Å². The SMILES string of the molecule is Cc1cccc(CNC(=O)c2csc(CCN(Cc3nc4ccccc4[nH]3)C(=O)OC(C)(C)C)n2)n1. The smallest absolute Gasteiger partial charge is 0.410 e. The van der Waals surface area contributed by atoms with Gasteiger partial charge >= 0.3 is 6.09 Å². The van der Waals surface area contributed by atoms with Crippen molar-refractivity contribution >= 4 is 34.4 Å². The highest BCUT2D eigenvalue weighted by molar-refractivity contribution is 7.09. The lowest BCUT2D eigenvalue weighted by Gasteiger charge is -2.26. The van der Waals surface area contributed by atoms with Crippen LogP contribution in [0.15, 0.2) is 47.8 Å². The Hall–Kier alpha value is -3.79. The van der Waals surface area contributed by atoms with Crippen molar-refractivity contribution in [2.75, 3.05) is 6.54 Å². The Morgan fingerprint density at radius 3 is 2.64 bits per heavy atom. The van der Waals surface area contributed by atoms with Gasteiger partial charge in [-0.1, -0.05) is 18.2 Å². The second-order valence-corrected chi connectivity index (χ2v) is 10.4. The molecule has 0 radical (unpaired) electrons. The third kappa shape index (κ3) is 6.88. The van der Waals surface area contributed by atoms with Crippen LogP contribution in [0, 0.1) is 6.92 Å². The predicted octanol–water partition coefficient (Wildman–Crippen LogP) is 4.63. The summed E-state index contributed by atoms with van der Waals surface area (Å²) in [5.74, 6) is 0.415. The second kappa shape index (κ2) is 10.9. The summed E-state index contributed by atoms with van der Waals surface area (Å²) in [6.07, 6.45) is 0.0553. The van der Waals surface area contributed by atoms with Crippen LogP contribution in [0.25, 0.3) is 11.0 Å². The molecule has 10 heteroatoms. The number of benzene rings is 1. The molecule has 0 bridgehead atoms. The van der Waals surface area contributed by atoms with E-state index in [1.807, 2.05) is 70.2 Å². The van der Waals surface area contributed by atoms with Gasteiger partial charge in [0.2, 0.25) is 0 Å². The first-order valence-electron chi connectivity index (χ1n) is 11.7. The predicted molar refractivity (Wildman–Crippen MR) is 139 cm³/mol. The van der Waals surface area contributed by atoms with Gasteiger partial charge < -0.3 is 19.9 Å². The summed E-state index contributed by atoms with van der Waals surface area (Å²) in [6.45, 7) is 8.39. The molecule has 0 atom stereocenters. The molecule has 4 rings (SSSR count). The van der Waals surface area contributed by atoms with Gasteiger partial charge in [0.25, 0.3) is 5.91 Å². The van der Waals surface area contributed by atoms with Crippen LogP contribution in [0.5, 0.6) is 0 Å². The number of para-hydroxylation sites is 2. The van der Waals surface area contributed by atoms with Crippen molar-refractivity contribution < 1.29 is 14.3 Å². The minimum atomic E-state index is -0.623. The first-order chi connectivity index (χ1) is 17.2. The number of imidazole rings is 1. The molecule has 0 aliphatic rings. The summed E-state index contributed by atoms with van der Waals surface area (Å²) in [6, 6.07) is 13.4. The summed E-state index contributed by atoms with van der Waals surface area (Å²) >= 11 is 1.39. The molecule has 0 saturated heterocycles. The lowest BCUT2D eigenvalue weighted by atomic mass is 10.2. The van der Waals surface area contributed by atoms with E-state index in [-0.39, 0.29) is 12.5 Å². The highest BCUT2D eigenvalue weighted by Crippen LogP contribution is 2.17. The van der Waals surface area contributed by atoms with E-state index in [1.165, 1.54) is 11.3 Å². The average molecular weight is 507 g/mol. The molecule has 2 N–H and O–H groups in total. The number of aryl methyl sites for hydroxylation is 1. The van der Waals surface area contributed by atoms with Gasteiger partial charge in [0.1, 0.15) is 17.1 Å². The number of hydrogen-bond acceptors (Lipinski definition) is 7. The van der Waals surface area contributed by atoms with Gasteiger partial charge in [0, 0.05) is 24.0 Å². The summed E-state index contributed by atoms with van der Waals surface area (Å²) < 4.78 is 5.62. The topological polar surface area (TPSA) is 113 Å². The fourth-order valence-corrected chi connectivity index (χ4v) is 4.31. The molecule has 36 heavy (non-hydrogen) atoms. The first kappa shape index (κ1) is 25.3. The number of pyridine rings is 1. The molecule has 2 amide bonds. The lowest BCUT2D eigenvalue weighted by molar-refractivity contribution is 0.0231. The number of hydrogen-bond donors (Lipinski definition) is 2. The van der Waals surface area contributed by atoms with Crippen molar-refractivity contribution in [3.05, 3.63) is 75.8 Å². The van der Waals surface area contributed by atoms with Gasteiger partial charge in [-0.15, -0.1) is 11.3 Å². The normalized spacial score (nSPS) is 11.4. The van der Waals surface area contributed by atoms with Crippen LogP contribution in [0.2, 0.25) is 0 Å². The maximum atomic E-state index is 12.9. The van der Waals surface area contributed by atoms with E-state index in [4.69, 9.17) is 4.74 Å². The lowest BCUT2D eigenvalue weighted by Crippen LogP contribution is -2.38. The Kier molecular flexibility index (Phi) is 7.64. The molecule has 0 spiro atoms. The van der Waals surface area contributed by atoms with Gasteiger partial charge in [-0.25, -0.2) is 14.8 Å². The van der Waals surface area contributed by atoms with Crippen molar-refractivity contribution in [2.24, 2.45) is 0 Å². The van der Waals surface area contributed by atoms with Crippen molar-refractivity contribution in [1.82, 2.24) is 30.2 Å². The third-order valence-corrected chi connectivity index (χ3v) is 6.10. The standard InChI is InChI=1S/C26H30N6O3S/c1-17-8-7-9-18(28-17)14-27-24(33)21-16-36-23(31-21)12-13-32(25(34)35-26(2,3)4)15-22-29-19-10-5-6-11-20(19)30-22/h5-11,16H,12-15H2,1-4H3,(H,27,33)(H,29,30). The van der Waals surface area contributed by atoms with Crippen LogP contribution < -0.4 is 5.32 Å². The maximum Gasteiger partial charge on any atom is 0.410 e. The van der Waals surface area contributed by atoms with Gasteiger partial charge in [-0.3, -0.25) is 9.78 Å². The molecule has 9 nitrogen and oxygen atoms in total. The Bertz CT molecular complexity index is 1320. The Labute approximate surface area is 213 Å². The molecule has 0 unspecified atom stereocenters. The number of thiazole rings is 1. The van der Waals surface area contributed by atoms with E-state index in [9.17, 15) is 9.59 Å². The van der Waals surface area contributed by atoms with Crippen molar-refractivity contribution in [2.45, 2.75) is 52.8 Å².